The maximum absolute atomic E-state index is 4.20. The van der Waals surface area contributed by atoms with Gasteiger partial charge in [-0.15, -0.1) is 10.2 Å². The van der Waals surface area contributed by atoms with Crippen LogP contribution in [0.1, 0.15) is 32.5 Å². The zero-order chi connectivity index (χ0) is 12.1. The van der Waals surface area contributed by atoms with E-state index >= 15 is 0 Å². The summed E-state index contributed by atoms with van der Waals surface area (Å²) in [6.45, 7) is 9.55. The maximum atomic E-state index is 4.20. The van der Waals surface area contributed by atoms with Crippen molar-refractivity contribution in [2.24, 2.45) is 0 Å². The van der Waals surface area contributed by atoms with Crippen molar-refractivity contribution in [3.05, 3.63) is 12.2 Å². The molecule has 0 bridgehead atoms. The normalized spacial score (nSPS) is 21.9. The van der Waals surface area contributed by atoms with E-state index in [1.54, 1.807) is 0 Å². The van der Waals surface area contributed by atoms with Gasteiger partial charge >= 0.3 is 0 Å². The van der Waals surface area contributed by atoms with E-state index in [2.05, 4.69) is 38.8 Å². The van der Waals surface area contributed by atoms with Crippen molar-refractivity contribution in [3.63, 3.8) is 0 Å². The number of hydrogen-bond acceptors (Lipinski definition) is 4. The monoisotopic (exact) mass is 237 g/mol. The van der Waals surface area contributed by atoms with E-state index in [1.807, 2.05) is 6.33 Å². The van der Waals surface area contributed by atoms with Crippen molar-refractivity contribution < 1.29 is 0 Å². The van der Waals surface area contributed by atoms with Crippen LogP contribution in [0.4, 0.5) is 0 Å². The highest BCUT2D eigenvalue weighted by atomic mass is 15.3. The SMILES string of the molecule is CCNC1CCCN(Cc2nncn2CC)C1. The minimum atomic E-state index is 0.645. The van der Waals surface area contributed by atoms with E-state index in [-0.39, 0.29) is 0 Å². The quantitative estimate of drug-likeness (QED) is 0.825. The summed E-state index contributed by atoms with van der Waals surface area (Å²) < 4.78 is 2.12. The topological polar surface area (TPSA) is 46.0 Å². The lowest BCUT2D eigenvalue weighted by Crippen LogP contribution is -2.45. The van der Waals surface area contributed by atoms with E-state index in [0.717, 1.165) is 32.0 Å². The lowest BCUT2D eigenvalue weighted by atomic mass is 10.1. The number of aromatic nitrogens is 3. The highest BCUT2D eigenvalue weighted by Crippen LogP contribution is 2.12. The number of rotatable bonds is 5. The van der Waals surface area contributed by atoms with Gasteiger partial charge in [0, 0.05) is 19.1 Å². The minimum absolute atomic E-state index is 0.645. The molecular weight excluding hydrogens is 214 g/mol. The minimum Gasteiger partial charge on any atom is -0.317 e. The van der Waals surface area contributed by atoms with E-state index in [1.165, 1.54) is 19.4 Å². The van der Waals surface area contributed by atoms with Crippen LogP contribution in [0.5, 0.6) is 0 Å². The zero-order valence-corrected chi connectivity index (χ0v) is 10.9. The van der Waals surface area contributed by atoms with Crippen LogP contribution in [0.15, 0.2) is 6.33 Å². The Morgan fingerprint density at radius 1 is 1.47 bits per heavy atom. The summed E-state index contributed by atoms with van der Waals surface area (Å²) in [6.07, 6.45) is 4.39. The van der Waals surface area contributed by atoms with Crippen LogP contribution in [0.25, 0.3) is 0 Å². The Labute approximate surface area is 103 Å². The highest BCUT2D eigenvalue weighted by Gasteiger charge is 2.20. The van der Waals surface area contributed by atoms with E-state index in [9.17, 15) is 0 Å². The van der Waals surface area contributed by atoms with Crippen molar-refractivity contribution in [2.45, 2.75) is 45.8 Å². The molecule has 5 heteroatoms. The number of likely N-dealkylation sites (tertiary alicyclic amines) is 1. The van der Waals surface area contributed by atoms with E-state index < -0.39 is 0 Å². The Balaban J connectivity index is 1.90. The number of nitrogens with one attached hydrogen (secondary N) is 1. The molecule has 0 saturated carbocycles. The molecule has 5 nitrogen and oxygen atoms in total. The van der Waals surface area contributed by atoms with Crippen LogP contribution >= 0.6 is 0 Å². The summed E-state index contributed by atoms with van der Waals surface area (Å²) in [6, 6.07) is 0.645. The second-order valence-electron chi connectivity index (χ2n) is 4.67. The fraction of sp³-hybridized carbons (Fsp3) is 0.833. The Morgan fingerprint density at radius 2 is 2.35 bits per heavy atom. The van der Waals surface area contributed by atoms with Gasteiger partial charge in [0.15, 0.2) is 0 Å². The number of likely N-dealkylation sites (N-methyl/N-ethyl adjacent to an activating group) is 1. The molecule has 1 saturated heterocycles. The molecule has 1 atom stereocenters. The molecule has 1 aromatic heterocycles. The molecule has 0 spiro atoms. The van der Waals surface area contributed by atoms with Gasteiger partial charge in [-0.1, -0.05) is 6.92 Å². The molecule has 1 aliphatic rings. The predicted molar refractivity (Wildman–Crippen MR) is 67.7 cm³/mol. The molecule has 1 fully saturated rings. The number of piperidine rings is 1. The number of nitrogens with zero attached hydrogens (tertiary/aromatic N) is 4. The first-order valence-electron chi connectivity index (χ1n) is 6.66. The molecule has 96 valence electrons. The van der Waals surface area contributed by atoms with Gasteiger partial charge in [0.25, 0.3) is 0 Å². The van der Waals surface area contributed by atoms with E-state index in [4.69, 9.17) is 0 Å². The van der Waals surface area contributed by atoms with Gasteiger partial charge in [-0.25, -0.2) is 0 Å². The van der Waals surface area contributed by atoms with Crippen LogP contribution in [0.2, 0.25) is 0 Å². The third-order valence-corrected chi connectivity index (χ3v) is 3.40. The maximum Gasteiger partial charge on any atom is 0.146 e. The summed E-state index contributed by atoms with van der Waals surface area (Å²) in [5, 5.41) is 11.7. The molecule has 2 rings (SSSR count). The average Bonchev–Trinajstić information content (AvgIpc) is 2.77. The van der Waals surface area contributed by atoms with Gasteiger partial charge in [-0.3, -0.25) is 4.90 Å². The lowest BCUT2D eigenvalue weighted by molar-refractivity contribution is 0.179. The Kier molecular flexibility index (Phi) is 4.50. The van der Waals surface area contributed by atoms with Crippen LogP contribution in [0.3, 0.4) is 0 Å². The van der Waals surface area contributed by atoms with Crippen molar-refractivity contribution in [2.75, 3.05) is 19.6 Å². The molecule has 1 unspecified atom stereocenters. The van der Waals surface area contributed by atoms with Gasteiger partial charge in [0.2, 0.25) is 0 Å². The third-order valence-electron chi connectivity index (χ3n) is 3.40. The predicted octanol–water partition coefficient (Wildman–Crippen LogP) is 0.872. The van der Waals surface area contributed by atoms with Crippen LogP contribution in [-0.2, 0) is 13.1 Å². The van der Waals surface area contributed by atoms with Crippen molar-refractivity contribution >= 4 is 0 Å². The van der Waals surface area contributed by atoms with Crippen molar-refractivity contribution in [1.29, 1.82) is 0 Å². The summed E-state index contributed by atoms with van der Waals surface area (Å²) in [4.78, 5) is 2.48. The Bertz CT molecular complexity index is 333. The van der Waals surface area contributed by atoms with Gasteiger partial charge in [-0.2, -0.15) is 0 Å². The van der Waals surface area contributed by atoms with Gasteiger partial charge in [-0.05, 0) is 32.9 Å². The number of hydrogen-bond donors (Lipinski definition) is 1. The van der Waals surface area contributed by atoms with Gasteiger partial charge in [0.1, 0.15) is 12.2 Å². The molecule has 0 amide bonds. The first-order valence-corrected chi connectivity index (χ1v) is 6.66. The lowest BCUT2D eigenvalue weighted by Gasteiger charge is -2.32. The average molecular weight is 237 g/mol. The molecule has 1 aliphatic heterocycles. The smallest absolute Gasteiger partial charge is 0.146 e. The molecule has 0 aromatic carbocycles. The largest absolute Gasteiger partial charge is 0.317 e. The molecule has 17 heavy (non-hydrogen) atoms. The number of aryl methyl sites for hydroxylation is 1. The summed E-state index contributed by atoms with van der Waals surface area (Å²) in [5.74, 6) is 1.09. The van der Waals surface area contributed by atoms with Gasteiger partial charge in [0.05, 0.1) is 6.54 Å². The zero-order valence-electron chi connectivity index (χ0n) is 10.9. The summed E-state index contributed by atoms with van der Waals surface area (Å²) >= 11 is 0. The standard InChI is InChI=1S/C12H23N5/c1-3-13-11-6-5-7-16(8-11)9-12-15-14-10-17(12)4-2/h10-11,13H,3-9H2,1-2H3. The third kappa shape index (κ3) is 3.26. The Hall–Kier alpha value is -0.940. The van der Waals surface area contributed by atoms with Crippen LogP contribution < -0.4 is 5.32 Å². The highest BCUT2D eigenvalue weighted by molar-refractivity contribution is 4.88. The van der Waals surface area contributed by atoms with Crippen LogP contribution in [0, 0.1) is 0 Å². The summed E-state index contributed by atoms with van der Waals surface area (Å²) in [7, 11) is 0. The molecule has 0 aliphatic carbocycles. The fourth-order valence-electron chi connectivity index (χ4n) is 2.52. The molecule has 2 heterocycles. The van der Waals surface area contributed by atoms with Crippen molar-refractivity contribution in [3.8, 4) is 0 Å². The molecule has 0 radical (unpaired) electrons. The molecule has 1 aromatic rings. The first kappa shape index (κ1) is 12.5. The van der Waals surface area contributed by atoms with Crippen molar-refractivity contribution in [1.82, 2.24) is 25.0 Å². The molecular formula is C12H23N5. The Morgan fingerprint density at radius 3 is 3.12 bits per heavy atom. The second kappa shape index (κ2) is 6.12. The second-order valence-corrected chi connectivity index (χ2v) is 4.67. The van der Waals surface area contributed by atoms with E-state index in [0.29, 0.717) is 6.04 Å². The molecule has 1 N–H and O–H groups in total. The van der Waals surface area contributed by atoms with Crippen LogP contribution in [-0.4, -0.2) is 45.3 Å². The fourth-order valence-corrected chi connectivity index (χ4v) is 2.52. The summed E-state index contributed by atoms with van der Waals surface area (Å²) in [5.41, 5.74) is 0. The first-order chi connectivity index (χ1) is 8.33. The van der Waals surface area contributed by atoms with Gasteiger partial charge < -0.3 is 9.88 Å².